The van der Waals surface area contributed by atoms with Crippen LogP contribution >= 0.6 is 0 Å². The Bertz CT molecular complexity index is 500. The number of piperidine rings is 1. The molecule has 1 amide bonds. The lowest BCUT2D eigenvalue weighted by Crippen LogP contribution is -2.43. The number of nitrogens with one attached hydrogen (secondary N) is 1. The van der Waals surface area contributed by atoms with Crippen molar-refractivity contribution in [2.45, 2.75) is 19.0 Å². The van der Waals surface area contributed by atoms with Gasteiger partial charge < -0.3 is 10.2 Å². The second kappa shape index (κ2) is 6.47. The summed E-state index contributed by atoms with van der Waals surface area (Å²) in [5, 5.41) is 3.05. The van der Waals surface area contributed by atoms with Gasteiger partial charge >= 0.3 is 6.18 Å². The maximum absolute atomic E-state index is 13.0. The highest BCUT2D eigenvalue weighted by atomic mass is 19.4. The van der Waals surface area contributed by atoms with Crippen LogP contribution in [0.5, 0.6) is 0 Å². The van der Waals surface area contributed by atoms with Crippen molar-refractivity contribution in [3.63, 3.8) is 0 Å². The summed E-state index contributed by atoms with van der Waals surface area (Å²) >= 11 is 0. The molecule has 6 heteroatoms. The molecular weight excluding hydrogens is 281 g/mol. The summed E-state index contributed by atoms with van der Waals surface area (Å²) in [6.45, 7) is 1.79. The molecule has 1 fully saturated rings. The molecule has 1 aromatic carbocycles. The Labute approximate surface area is 122 Å². The predicted octanol–water partition coefficient (Wildman–Crippen LogP) is 2.78. The van der Waals surface area contributed by atoms with Crippen molar-refractivity contribution in [3.8, 4) is 0 Å². The van der Waals surface area contributed by atoms with E-state index in [2.05, 4.69) is 5.32 Å². The minimum absolute atomic E-state index is 0.255. The molecular formula is C15H19F3N2O. The van der Waals surface area contributed by atoms with E-state index >= 15 is 0 Å². The summed E-state index contributed by atoms with van der Waals surface area (Å²) in [5.74, 6) is -0.227. The van der Waals surface area contributed by atoms with Crippen molar-refractivity contribution >= 4 is 5.91 Å². The fourth-order valence-electron chi connectivity index (χ4n) is 2.79. The quantitative estimate of drug-likeness (QED) is 0.931. The molecule has 1 saturated heterocycles. The predicted molar refractivity (Wildman–Crippen MR) is 74.0 cm³/mol. The Morgan fingerprint density at radius 1 is 1.38 bits per heavy atom. The maximum Gasteiger partial charge on any atom is 0.417 e. The zero-order valence-electron chi connectivity index (χ0n) is 11.9. The average Bonchev–Trinajstić information content (AvgIpc) is 2.46. The van der Waals surface area contributed by atoms with Gasteiger partial charge in [0.2, 0.25) is 0 Å². The summed E-state index contributed by atoms with van der Waals surface area (Å²) in [6.07, 6.45) is -2.69. The fourth-order valence-corrected chi connectivity index (χ4v) is 2.79. The molecule has 1 aliphatic rings. The second-order valence-electron chi connectivity index (χ2n) is 5.36. The number of likely N-dealkylation sites (tertiary alicyclic amines) is 1. The topological polar surface area (TPSA) is 32.3 Å². The molecule has 1 aromatic rings. The third-order valence-electron chi connectivity index (χ3n) is 3.76. The van der Waals surface area contributed by atoms with Crippen molar-refractivity contribution in [2.24, 2.45) is 5.92 Å². The Morgan fingerprint density at radius 3 is 2.76 bits per heavy atom. The van der Waals surface area contributed by atoms with Crippen LogP contribution < -0.4 is 5.32 Å². The molecule has 21 heavy (non-hydrogen) atoms. The lowest BCUT2D eigenvalue weighted by molar-refractivity contribution is -0.138. The SMILES string of the molecule is CNCC1CCCN(C(=O)c2ccccc2C(F)(F)F)C1. The zero-order chi connectivity index (χ0) is 15.5. The van der Waals surface area contributed by atoms with Crippen LogP contribution in [0.3, 0.4) is 0 Å². The molecule has 1 aliphatic heterocycles. The molecule has 2 rings (SSSR count). The van der Waals surface area contributed by atoms with Crippen LogP contribution in [-0.4, -0.2) is 37.5 Å². The Hall–Kier alpha value is -1.56. The van der Waals surface area contributed by atoms with Crippen molar-refractivity contribution in [1.82, 2.24) is 10.2 Å². The van der Waals surface area contributed by atoms with E-state index in [9.17, 15) is 18.0 Å². The van der Waals surface area contributed by atoms with Gasteiger partial charge in [0.1, 0.15) is 0 Å². The molecule has 0 aromatic heterocycles. The number of hydrogen-bond donors (Lipinski definition) is 1. The molecule has 0 bridgehead atoms. The van der Waals surface area contributed by atoms with Crippen molar-refractivity contribution in [1.29, 1.82) is 0 Å². The van der Waals surface area contributed by atoms with E-state index in [0.717, 1.165) is 25.5 Å². The number of amides is 1. The zero-order valence-corrected chi connectivity index (χ0v) is 11.9. The fraction of sp³-hybridized carbons (Fsp3) is 0.533. The van der Waals surface area contributed by atoms with Crippen molar-refractivity contribution < 1.29 is 18.0 Å². The standard InChI is InChI=1S/C15H19F3N2O/c1-19-9-11-5-4-8-20(10-11)14(21)12-6-2-3-7-13(12)15(16,17)18/h2-3,6-7,11,19H,4-5,8-10H2,1H3. The molecule has 0 radical (unpaired) electrons. The van der Waals surface area contributed by atoms with E-state index in [4.69, 9.17) is 0 Å². The lowest BCUT2D eigenvalue weighted by Gasteiger charge is -2.33. The highest BCUT2D eigenvalue weighted by Crippen LogP contribution is 2.32. The van der Waals surface area contributed by atoms with E-state index in [1.807, 2.05) is 7.05 Å². The first-order chi connectivity index (χ1) is 9.93. The second-order valence-corrected chi connectivity index (χ2v) is 5.36. The third kappa shape index (κ3) is 3.75. The van der Waals surface area contributed by atoms with Crippen molar-refractivity contribution in [3.05, 3.63) is 35.4 Å². The Balaban J connectivity index is 2.20. The van der Waals surface area contributed by atoms with Crippen LogP contribution in [0.1, 0.15) is 28.8 Å². The van der Waals surface area contributed by atoms with Gasteiger partial charge in [0.15, 0.2) is 0 Å². The van der Waals surface area contributed by atoms with Gasteiger partial charge in [-0.15, -0.1) is 0 Å². The van der Waals surface area contributed by atoms with Crippen molar-refractivity contribution in [2.75, 3.05) is 26.7 Å². The first kappa shape index (κ1) is 15.8. The minimum atomic E-state index is -4.51. The number of hydrogen-bond acceptors (Lipinski definition) is 2. The molecule has 1 unspecified atom stereocenters. The number of benzene rings is 1. The van der Waals surface area contributed by atoms with Gasteiger partial charge in [-0.3, -0.25) is 4.79 Å². The lowest BCUT2D eigenvalue weighted by atomic mass is 9.96. The van der Waals surface area contributed by atoms with Gasteiger partial charge in [0.05, 0.1) is 11.1 Å². The van der Waals surface area contributed by atoms with Gasteiger partial charge in [-0.25, -0.2) is 0 Å². The summed E-state index contributed by atoms with van der Waals surface area (Å²) < 4.78 is 39.0. The summed E-state index contributed by atoms with van der Waals surface area (Å²) in [4.78, 5) is 14.0. The molecule has 116 valence electrons. The highest BCUT2D eigenvalue weighted by Gasteiger charge is 2.36. The molecule has 0 aliphatic carbocycles. The average molecular weight is 300 g/mol. The number of carbonyl (C=O) groups is 1. The normalized spacial score (nSPS) is 19.6. The third-order valence-corrected chi connectivity index (χ3v) is 3.76. The highest BCUT2D eigenvalue weighted by molar-refractivity contribution is 5.96. The maximum atomic E-state index is 13.0. The van der Waals surface area contributed by atoms with Gasteiger partial charge in [-0.1, -0.05) is 12.1 Å². The van der Waals surface area contributed by atoms with Crippen LogP contribution in [-0.2, 0) is 6.18 Å². The monoisotopic (exact) mass is 300 g/mol. The first-order valence-electron chi connectivity index (χ1n) is 7.03. The van der Waals surface area contributed by atoms with Gasteiger partial charge in [0.25, 0.3) is 5.91 Å². The van der Waals surface area contributed by atoms with E-state index in [-0.39, 0.29) is 5.56 Å². The molecule has 1 atom stereocenters. The van der Waals surface area contributed by atoms with E-state index < -0.39 is 17.6 Å². The molecule has 1 heterocycles. The molecule has 0 saturated carbocycles. The Morgan fingerprint density at radius 2 is 2.10 bits per heavy atom. The van der Waals surface area contributed by atoms with Gasteiger partial charge in [-0.05, 0) is 44.5 Å². The van der Waals surface area contributed by atoms with Crippen LogP contribution in [0.25, 0.3) is 0 Å². The summed E-state index contributed by atoms with van der Waals surface area (Å²) in [7, 11) is 1.83. The van der Waals surface area contributed by atoms with E-state index in [1.54, 1.807) is 0 Å². The Kier molecular flexibility index (Phi) is 4.88. The molecule has 3 nitrogen and oxygen atoms in total. The molecule has 1 N–H and O–H groups in total. The summed E-state index contributed by atoms with van der Waals surface area (Å²) in [6, 6.07) is 4.99. The van der Waals surface area contributed by atoms with E-state index in [1.165, 1.54) is 23.1 Å². The van der Waals surface area contributed by atoms with Crippen LogP contribution in [0, 0.1) is 5.92 Å². The minimum Gasteiger partial charge on any atom is -0.338 e. The number of nitrogens with zero attached hydrogens (tertiary/aromatic N) is 1. The van der Waals surface area contributed by atoms with Gasteiger partial charge in [0, 0.05) is 13.1 Å². The smallest absolute Gasteiger partial charge is 0.338 e. The van der Waals surface area contributed by atoms with Crippen LogP contribution in [0.4, 0.5) is 13.2 Å². The van der Waals surface area contributed by atoms with Crippen LogP contribution in [0.2, 0.25) is 0 Å². The first-order valence-corrected chi connectivity index (χ1v) is 7.03. The number of halogens is 3. The van der Waals surface area contributed by atoms with Crippen LogP contribution in [0.15, 0.2) is 24.3 Å². The number of carbonyl (C=O) groups excluding carboxylic acids is 1. The van der Waals surface area contributed by atoms with E-state index in [0.29, 0.717) is 19.0 Å². The largest absolute Gasteiger partial charge is 0.417 e. The number of rotatable bonds is 3. The number of alkyl halides is 3. The molecule has 0 spiro atoms. The van der Waals surface area contributed by atoms with Gasteiger partial charge in [-0.2, -0.15) is 13.2 Å². The summed E-state index contributed by atoms with van der Waals surface area (Å²) in [5.41, 5.74) is -1.11.